The highest BCUT2D eigenvalue weighted by molar-refractivity contribution is 5.95. The Bertz CT molecular complexity index is 1200. The molecule has 0 saturated carbocycles. The number of aryl methyl sites for hydroxylation is 1. The zero-order chi connectivity index (χ0) is 24.0. The van der Waals surface area contributed by atoms with Crippen LogP contribution in [0.3, 0.4) is 0 Å². The maximum Gasteiger partial charge on any atom is 0.331 e. The van der Waals surface area contributed by atoms with Gasteiger partial charge in [0.2, 0.25) is 5.91 Å². The third-order valence-corrected chi connectivity index (χ3v) is 4.64. The molecule has 0 atom stereocenters. The van der Waals surface area contributed by atoms with E-state index in [0.29, 0.717) is 22.8 Å². The average molecular weight is 450 g/mol. The van der Waals surface area contributed by atoms with Crippen LogP contribution in [-0.2, 0) is 19.1 Å². The molecule has 0 unspecified atom stereocenters. The summed E-state index contributed by atoms with van der Waals surface area (Å²) in [6, 6.07) is 12.4. The summed E-state index contributed by atoms with van der Waals surface area (Å²) in [5.74, 6) is -1.71. The number of aromatic nitrogens is 2. The minimum atomic E-state index is -0.681. The van der Waals surface area contributed by atoms with Gasteiger partial charge in [-0.15, -0.1) is 0 Å². The molecule has 2 amide bonds. The van der Waals surface area contributed by atoms with E-state index in [1.807, 2.05) is 6.92 Å². The van der Waals surface area contributed by atoms with E-state index in [4.69, 9.17) is 4.74 Å². The van der Waals surface area contributed by atoms with Crippen LogP contribution >= 0.6 is 0 Å². The van der Waals surface area contributed by atoms with Gasteiger partial charge in [0.25, 0.3) is 5.91 Å². The van der Waals surface area contributed by atoms with E-state index in [9.17, 15) is 18.8 Å². The van der Waals surface area contributed by atoms with E-state index in [1.165, 1.54) is 25.1 Å². The first-order valence-electron chi connectivity index (χ1n) is 10.1. The van der Waals surface area contributed by atoms with Crippen LogP contribution in [0.1, 0.15) is 23.9 Å². The van der Waals surface area contributed by atoms with Gasteiger partial charge in [0.1, 0.15) is 5.82 Å². The van der Waals surface area contributed by atoms with Crippen molar-refractivity contribution in [1.82, 2.24) is 9.78 Å². The number of nitrogens with one attached hydrogen (secondary N) is 2. The quantitative estimate of drug-likeness (QED) is 0.421. The molecule has 170 valence electrons. The van der Waals surface area contributed by atoms with E-state index in [1.54, 1.807) is 54.1 Å². The van der Waals surface area contributed by atoms with Gasteiger partial charge in [0.15, 0.2) is 6.61 Å². The van der Waals surface area contributed by atoms with E-state index >= 15 is 0 Å². The normalized spacial score (nSPS) is 10.8. The van der Waals surface area contributed by atoms with Crippen molar-refractivity contribution >= 4 is 35.2 Å². The monoisotopic (exact) mass is 450 g/mol. The Morgan fingerprint density at radius 2 is 1.61 bits per heavy atom. The summed E-state index contributed by atoms with van der Waals surface area (Å²) >= 11 is 0. The number of benzene rings is 2. The van der Waals surface area contributed by atoms with Crippen molar-refractivity contribution in [1.29, 1.82) is 0 Å². The van der Waals surface area contributed by atoms with Crippen LogP contribution in [0.4, 0.5) is 15.8 Å². The minimum absolute atomic E-state index is 0.194. The summed E-state index contributed by atoms with van der Waals surface area (Å²) in [5.41, 5.74) is 3.97. The number of hydrogen-bond donors (Lipinski definition) is 2. The number of esters is 1. The highest BCUT2D eigenvalue weighted by Crippen LogP contribution is 2.19. The van der Waals surface area contributed by atoms with Gasteiger partial charge in [-0.2, -0.15) is 5.10 Å². The number of carbonyl (C=O) groups excluding carboxylic acids is 3. The van der Waals surface area contributed by atoms with Gasteiger partial charge in [0, 0.05) is 35.6 Å². The molecule has 0 aliphatic heterocycles. The number of rotatable bonds is 7. The van der Waals surface area contributed by atoms with Crippen molar-refractivity contribution in [2.45, 2.75) is 20.8 Å². The summed E-state index contributed by atoms with van der Waals surface area (Å²) in [7, 11) is 0. The summed E-state index contributed by atoms with van der Waals surface area (Å²) in [5, 5.41) is 9.66. The van der Waals surface area contributed by atoms with Crippen LogP contribution in [-0.4, -0.2) is 34.2 Å². The molecule has 3 rings (SSSR count). The Labute approximate surface area is 190 Å². The molecule has 1 heterocycles. The molecule has 0 saturated heterocycles. The van der Waals surface area contributed by atoms with Crippen LogP contribution in [0, 0.1) is 19.7 Å². The SMILES string of the molecule is CC(=O)Nc1ccc(NC(=O)COC(=O)/C=C/c2c(C)nn(-c3ccc(F)cc3)c2C)cc1. The number of halogens is 1. The van der Waals surface area contributed by atoms with Crippen molar-refractivity contribution in [3.05, 3.63) is 77.4 Å². The Morgan fingerprint density at radius 3 is 2.21 bits per heavy atom. The van der Waals surface area contributed by atoms with Gasteiger partial charge in [0.05, 0.1) is 11.4 Å². The fourth-order valence-corrected chi connectivity index (χ4v) is 3.10. The van der Waals surface area contributed by atoms with E-state index in [-0.39, 0.29) is 11.7 Å². The lowest BCUT2D eigenvalue weighted by Gasteiger charge is -2.07. The molecule has 0 fully saturated rings. The summed E-state index contributed by atoms with van der Waals surface area (Å²) in [6.07, 6.45) is 2.79. The van der Waals surface area contributed by atoms with Gasteiger partial charge < -0.3 is 15.4 Å². The smallest absolute Gasteiger partial charge is 0.331 e. The fourth-order valence-electron chi connectivity index (χ4n) is 3.10. The van der Waals surface area contributed by atoms with Gasteiger partial charge in [-0.05, 0) is 68.5 Å². The zero-order valence-electron chi connectivity index (χ0n) is 18.4. The molecule has 0 aliphatic rings. The first kappa shape index (κ1) is 23.4. The molecular formula is C24H23FN4O4. The predicted octanol–water partition coefficient (Wildman–Crippen LogP) is 3.78. The second-order valence-corrected chi connectivity index (χ2v) is 7.22. The Hall–Kier alpha value is -4.27. The molecule has 33 heavy (non-hydrogen) atoms. The van der Waals surface area contributed by atoms with Crippen molar-refractivity contribution < 1.29 is 23.5 Å². The highest BCUT2D eigenvalue weighted by atomic mass is 19.1. The lowest BCUT2D eigenvalue weighted by Crippen LogP contribution is -2.20. The molecule has 0 spiro atoms. The Balaban J connectivity index is 1.55. The number of carbonyl (C=O) groups is 3. The lowest BCUT2D eigenvalue weighted by molar-refractivity contribution is -0.142. The second kappa shape index (κ2) is 10.4. The van der Waals surface area contributed by atoms with Gasteiger partial charge in [-0.1, -0.05) is 0 Å². The minimum Gasteiger partial charge on any atom is -0.452 e. The first-order valence-corrected chi connectivity index (χ1v) is 10.1. The molecule has 2 aromatic carbocycles. The number of anilines is 2. The molecular weight excluding hydrogens is 427 g/mol. The third-order valence-electron chi connectivity index (χ3n) is 4.64. The molecule has 0 radical (unpaired) electrons. The maximum absolute atomic E-state index is 13.2. The van der Waals surface area contributed by atoms with Crippen molar-refractivity contribution in [2.24, 2.45) is 0 Å². The number of hydrogen-bond acceptors (Lipinski definition) is 5. The zero-order valence-corrected chi connectivity index (χ0v) is 18.4. The Kier molecular flexibility index (Phi) is 7.34. The first-order chi connectivity index (χ1) is 15.7. The fraction of sp³-hybridized carbons (Fsp3) is 0.167. The van der Waals surface area contributed by atoms with Crippen LogP contribution in [0.2, 0.25) is 0 Å². The summed E-state index contributed by atoms with van der Waals surface area (Å²) in [6.45, 7) is 4.57. The molecule has 0 bridgehead atoms. The van der Waals surface area contributed by atoms with Crippen LogP contribution in [0.25, 0.3) is 11.8 Å². The van der Waals surface area contributed by atoms with E-state index < -0.39 is 18.5 Å². The van der Waals surface area contributed by atoms with Gasteiger partial charge in [-0.25, -0.2) is 13.9 Å². The second-order valence-electron chi connectivity index (χ2n) is 7.22. The molecule has 8 nitrogen and oxygen atoms in total. The number of nitrogens with zero attached hydrogens (tertiary/aromatic N) is 2. The van der Waals surface area contributed by atoms with Crippen LogP contribution in [0.5, 0.6) is 0 Å². The molecule has 1 aromatic heterocycles. The summed E-state index contributed by atoms with van der Waals surface area (Å²) in [4.78, 5) is 35.1. The molecule has 3 aromatic rings. The summed E-state index contributed by atoms with van der Waals surface area (Å²) < 4.78 is 19.8. The van der Waals surface area contributed by atoms with Crippen molar-refractivity contribution in [3.63, 3.8) is 0 Å². The van der Waals surface area contributed by atoms with E-state index in [2.05, 4.69) is 15.7 Å². The van der Waals surface area contributed by atoms with Crippen LogP contribution < -0.4 is 10.6 Å². The lowest BCUT2D eigenvalue weighted by atomic mass is 10.2. The molecule has 0 aliphatic carbocycles. The standard InChI is InChI=1S/C24H23FN4O4/c1-15-22(16(2)29(28-15)21-10-4-18(25)5-11-21)12-13-24(32)33-14-23(31)27-20-8-6-19(7-9-20)26-17(3)30/h4-13H,14H2,1-3H3,(H,26,30)(H,27,31)/b13-12+. The number of ether oxygens (including phenoxy) is 1. The molecule has 2 N–H and O–H groups in total. The average Bonchev–Trinajstić information content (AvgIpc) is 3.05. The Morgan fingerprint density at radius 1 is 1.00 bits per heavy atom. The van der Waals surface area contributed by atoms with Crippen molar-refractivity contribution in [3.8, 4) is 5.69 Å². The van der Waals surface area contributed by atoms with E-state index in [0.717, 1.165) is 11.3 Å². The molecule has 9 heteroatoms. The maximum atomic E-state index is 13.2. The third kappa shape index (κ3) is 6.36. The van der Waals surface area contributed by atoms with Gasteiger partial charge in [-0.3, -0.25) is 9.59 Å². The predicted molar refractivity (Wildman–Crippen MR) is 122 cm³/mol. The number of amides is 2. The highest BCUT2D eigenvalue weighted by Gasteiger charge is 2.12. The van der Waals surface area contributed by atoms with Gasteiger partial charge >= 0.3 is 5.97 Å². The van der Waals surface area contributed by atoms with Crippen LogP contribution in [0.15, 0.2) is 54.6 Å². The largest absolute Gasteiger partial charge is 0.452 e. The topological polar surface area (TPSA) is 102 Å². The van der Waals surface area contributed by atoms with Crippen molar-refractivity contribution in [2.75, 3.05) is 17.2 Å².